The molecule has 1 amide bonds. The maximum Gasteiger partial charge on any atom is 0.307 e. The van der Waals surface area contributed by atoms with E-state index in [1.165, 1.54) is 0 Å². The minimum atomic E-state index is -1.39. The Morgan fingerprint density at radius 3 is 2.45 bits per heavy atom. The van der Waals surface area contributed by atoms with Crippen LogP contribution in [0.2, 0.25) is 0 Å². The lowest BCUT2D eigenvalue weighted by Crippen LogP contribution is -2.30. The number of carbonyl (C=O) groups is 2. The molecule has 0 aromatic heterocycles. The number of hydrogen-bond donors (Lipinski definition) is 2. The molecule has 1 aromatic rings. The van der Waals surface area contributed by atoms with Crippen molar-refractivity contribution in [3.8, 4) is 0 Å². The van der Waals surface area contributed by atoms with Gasteiger partial charge in [0.15, 0.2) is 0 Å². The number of carboxylic acid groups (broad SMARTS) is 1. The van der Waals surface area contributed by atoms with Gasteiger partial charge >= 0.3 is 5.97 Å². The van der Waals surface area contributed by atoms with Crippen LogP contribution >= 0.6 is 0 Å². The van der Waals surface area contributed by atoms with E-state index in [4.69, 9.17) is 5.11 Å². The Morgan fingerprint density at radius 2 is 1.90 bits per heavy atom. The average Bonchev–Trinajstić information content (AvgIpc) is 3.20. The second-order valence-corrected chi connectivity index (χ2v) is 6.40. The SMILES string of the molecule is O=C(O)Cc1ccc(S(=O)CC(=O)NCC2CC2)cc1. The van der Waals surface area contributed by atoms with E-state index in [9.17, 15) is 13.8 Å². The molecule has 1 aliphatic rings. The molecule has 0 bridgehead atoms. The molecule has 108 valence electrons. The highest BCUT2D eigenvalue weighted by molar-refractivity contribution is 7.85. The van der Waals surface area contributed by atoms with Crippen molar-refractivity contribution in [2.24, 2.45) is 5.92 Å². The lowest BCUT2D eigenvalue weighted by Gasteiger charge is -2.05. The van der Waals surface area contributed by atoms with Crippen LogP contribution in [0.15, 0.2) is 29.2 Å². The van der Waals surface area contributed by atoms with Gasteiger partial charge in [0.05, 0.1) is 17.2 Å². The van der Waals surface area contributed by atoms with Gasteiger partial charge in [0.1, 0.15) is 5.75 Å². The standard InChI is InChI=1S/C14H17NO4S/c16-13(15-8-11-1-2-11)9-20(19)12-5-3-10(4-6-12)7-14(17)18/h3-6,11H,1-2,7-9H2,(H,15,16)(H,17,18). The van der Waals surface area contributed by atoms with Crippen molar-refractivity contribution < 1.29 is 18.9 Å². The van der Waals surface area contributed by atoms with Crippen LogP contribution in [-0.4, -0.2) is 33.5 Å². The summed E-state index contributed by atoms with van der Waals surface area (Å²) in [6.07, 6.45) is 2.26. The van der Waals surface area contributed by atoms with E-state index in [2.05, 4.69) is 5.32 Å². The molecule has 2 rings (SSSR count). The van der Waals surface area contributed by atoms with E-state index in [-0.39, 0.29) is 18.1 Å². The molecule has 6 heteroatoms. The molecule has 0 spiro atoms. The number of carboxylic acids is 1. The number of amides is 1. The average molecular weight is 295 g/mol. The molecule has 0 radical (unpaired) electrons. The summed E-state index contributed by atoms with van der Waals surface area (Å²) in [6.45, 7) is 0.674. The van der Waals surface area contributed by atoms with Crippen LogP contribution in [0, 0.1) is 5.92 Å². The Hall–Kier alpha value is -1.69. The fourth-order valence-electron chi connectivity index (χ4n) is 1.77. The topological polar surface area (TPSA) is 83.5 Å². The number of rotatable bonds is 7. The fourth-order valence-corrected chi connectivity index (χ4v) is 2.71. The van der Waals surface area contributed by atoms with Gasteiger partial charge in [-0.1, -0.05) is 12.1 Å². The quantitative estimate of drug-likeness (QED) is 0.784. The van der Waals surface area contributed by atoms with Crippen molar-refractivity contribution in [3.63, 3.8) is 0 Å². The third-order valence-electron chi connectivity index (χ3n) is 3.09. The van der Waals surface area contributed by atoms with Gasteiger partial charge in [0, 0.05) is 11.4 Å². The van der Waals surface area contributed by atoms with E-state index in [0.717, 1.165) is 12.8 Å². The van der Waals surface area contributed by atoms with Gasteiger partial charge in [-0.2, -0.15) is 0 Å². The zero-order valence-electron chi connectivity index (χ0n) is 11.0. The first kappa shape index (κ1) is 14.7. The van der Waals surface area contributed by atoms with Crippen LogP contribution in [-0.2, 0) is 26.8 Å². The normalized spacial score (nSPS) is 15.6. The molecular weight excluding hydrogens is 278 g/mol. The van der Waals surface area contributed by atoms with E-state index in [0.29, 0.717) is 22.9 Å². The Morgan fingerprint density at radius 1 is 1.25 bits per heavy atom. The number of benzene rings is 1. The summed E-state index contributed by atoms with van der Waals surface area (Å²) in [5, 5.41) is 11.4. The van der Waals surface area contributed by atoms with Gasteiger partial charge in [-0.15, -0.1) is 0 Å². The molecule has 1 aromatic carbocycles. The third-order valence-corrected chi connectivity index (χ3v) is 4.41. The first-order valence-corrected chi connectivity index (χ1v) is 7.82. The molecule has 2 N–H and O–H groups in total. The Labute approximate surface area is 119 Å². The fraction of sp³-hybridized carbons (Fsp3) is 0.429. The number of aliphatic carboxylic acids is 1. The molecular formula is C14H17NO4S. The highest BCUT2D eigenvalue weighted by atomic mass is 32.2. The third kappa shape index (κ3) is 4.77. The molecule has 0 aliphatic heterocycles. The van der Waals surface area contributed by atoms with E-state index < -0.39 is 16.8 Å². The maximum absolute atomic E-state index is 12.0. The first-order chi connectivity index (χ1) is 9.54. The lowest BCUT2D eigenvalue weighted by molar-refractivity contribution is -0.136. The van der Waals surface area contributed by atoms with Crippen molar-refractivity contribution in [3.05, 3.63) is 29.8 Å². The summed E-state index contributed by atoms with van der Waals surface area (Å²) in [4.78, 5) is 22.7. The van der Waals surface area contributed by atoms with Gasteiger partial charge in [-0.3, -0.25) is 13.8 Å². The molecule has 1 aliphatic carbocycles. The molecule has 20 heavy (non-hydrogen) atoms. The summed E-state index contributed by atoms with van der Waals surface area (Å²) in [6, 6.07) is 6.48. The Balaban J connectivity index is 1.84. The lowest BCUT2D eigenvalue weighted by atomic mass is 10.2. The molecule has 1 fully saturated rings. The molecule has 5 nitrogen and oxygen atoms in total. The molecule has 1 saturated carbocycles. The van der Waals surface area contributed by atoms with Crippen LogP contribution in [0.1, 0.15) is 18.4 Å². The van der Waals surface area contributed by atoms with Crippen LogP contribution in [0.25, 0.3) is 0 Å². The predicted octanol–water partition coefficient (Wildman–Crippen LogP) is 0.947. The Kier molecular flexibility index (Phi) is 4.89. The van der Waals surface area contributed by atoms with Crippen LogP contribution < -0.4 is 5.32 Å². The summed E-state index contributed by atoms with van der Waals surface area (Å²) in [7, 11) is -1.39. The number of carbonyl (C=O) groups excluding carboxylic acids is 1. The molecule has 0 heterocycles. The Bertz CT molecular complexity index is 522. The minimum Gasteiger partial charge on any atom is -0.481 e. The zero-order valence-corrected chi connectivity index (χ0v) is 11.8. The monoisotopic (exact) mass is 295 g/mol. The maximum atomic E-state index is 12.0. The molecule has 0 saturated heterocycles. The van der Waals surface area contributed by atoms with Gasteiger partial charge < -0.3 is 10.4 Å². The summed E-state index contributed by atoms with van der Waals surface area (Å²) < 4.78 is 12.0. The highest BCUT2D eigenvalue weighted by Crippen LogP contribution is 2.27. The number of nitrogens with one attached hydrogen (secondary N) is 1. The predicted molar refractivity (Wildman–Crippen MR) is 74.8 cm³/mol. The van der Waals surface area contributed by atoms with Crippen molar-refractivity contribution >= 4 is 22.7 Å². The summed E-state index contributed by atoms with van der Waals surface area (Å²) in [5.74, 6) is -0.559. The van der Waals surface area contributed by atoms with E-state index in [1.54, 1.807) is 24.3 Å². The smallest absolute Gasteiger partial charge is 0.307 e. The second-order valence-electron chi connectivity index (χ2n) is 4.95. The van der Waals surface area contributed by atoms with Crippen LogP contribution in [0.5, 0.6) is 0 Å². The summed E-state index contributed by atoms with van der Waals surface area (Å²) >= 11 is 0. The van der Waals surface area contributed by atoms with E-state index in [1.807, 2.05) is 0 Å². The van der Waals surface area contributed by atoms with Crippen molar-refractivity contribution in [2.45, 2.75) is 24.2 Å². The van der Waals surface area contributed by atoms with Gasteiger partial charge in [-0.25, -0.2) is 0 Å². The van der Waals surface area contributed by atoms with Crippen LogP contribution in [0.4, 0.5) is 0 Å². The van der Waals surface area contributed by atoms with Crippen molar-refractivity contribution in [1.29, 1.82) is 0 Å². The second kappa shape index (κ2) is 6.65. The first-order valence-electron chi connectivity index (χ1n) is 6.50. The van der Waals surface area contributed by atoms with Crippen molar-refractivity contribution in [2.75, 3.05) is 12.3 Å². The van der Waals surface area contributed by atoms with Crippen LogP contribution in [0.3, 0.4) is 0 Å². The number of hydrogen-bond acceptors (Lipinski definition) is 3. The van der Waals surface area contributed by atoms with Gasteiger partial charge in [0.2, 0.25) is 5.91 Å². The molecule has 1 unspecified atom stereocenters. The largest absolute Gasteiger partial charge is 0.481 e. The van der Waals surface area contributed by atoms with Gasteiger partial charge in [0.25, 0.3) is 0 Å². The minimum absolute atomic E-state index is 0.0506. The van der Waals surface area contributed by atoms with E-state index >= 15 is 0 Å². The summed E-state index contributed by atoms with van der Waals surface area (Å²) in [5.41, 5.74) is 0.649. The molecule has 1 atom stereocenters. The van der Waals surface area contributed by atoms with Gasteiger partial charge in [-0.05, 0) is 36.5 Å². The highest BCUT2D eigenvalue weighted by Gasteiger charge is 2.22. The zero-order chi connectivity index (χ0) is 14.5. The van der Waals surface area contributed by atoms with Crippen molar-refractivity contribution in [1.82, 2.24) is 5.32 Å².